The first-order chi connectivity index (χ1) is 14.1. The van der Waals surface area contributed by atoms with Crippen LogP contribution in [0.5, 0.6) is 0 Å². The molecule has 2 atom stereocenters. The number of nitrogens with zero attached hydrogens (tertiary/aromatic N) is 3. The van der Waals surface area contributed by atoms with Crippen molar-refractivity contribution in [2.75, 3.05) is 5.32 Å². The van der Waals surface area contributed by atoms with E-state index in [1.807, 2.05) is 24.3 Å². The fraction of sp³-hybridized carbons (Fsp3) is 0.190. The number of para-hydroxylation sites is 1. The molecule has 2 aliphatic rings. The van der Waals surface area contributed by atoms with Crippen molar-refractivity contribution in [3.05, 3.63) is 71.1 Å². The lowest BCUT2D eigenvalue weighted by Gasteiger charge is -2.07. The Balaban J connectivity index is 1.40. The van der Waals surface area contributed by atoms with E-state index in [4.69, 9.17) is 0 Å². The van der Waals surface area contributed by atoms with Gasteiger partial charge in [0.05, 0.1) is 15.9 Å². The normalized spacial score (nSPS) is 19.2. The average Bonchev–Trinajstić information content (AvgIpc) is 3.02. The van der Waals surface area contributed by atoms with Gasteiger partial charge in [-0.2, -0.15) is 5.10 Å². The van der Waals surface area contributed by atoms with Crippen LogP contribution in [0.2, 0.25) is 0 Å². The number of hydrogen-bond donors (Lipinski definition) is 1. The highest BCUT2D eigenvalue weighted by molar-refractivity contribution is 7.22. The first-order valence-corrected chi connectivity index (χ1v) is 10.1. The van der Waals surface area contributed by atoms with Crippen LogP contribution in [-0.4, -0.2) is 20.7 Å². The maximum atomic E-state index is 14.4. The van der Waals surface area contributed by atoms with E-state index >= 15 is 0 Å². The zero-order valence-electron chi connectivity index (χ0n) is 15.0. The van der Waals surface area contributed by atoms with Crippen LogP contribution in [0.3, 0.4) is 0 Å². The van der Waals surface area contributed by atoms with Gasteiger partial charge in [-0.25, -0.2) is 18.4 Å². The first kappa shape index (κ1) is 16.8. The van der Waals surface area contributed by atoms with Gasteiger partial charge in [-0.05, 0) is 43.0 Å². The van der Waals surface area contributed by atoms with Gasteiger partial charge in [-0.3, -0.25) is 10.1 Å². The zero-order valence-corrected chi connectivity index (χ0v) is 15.8. The summed E-state index contributed by atoms with van der Waals surface area (Å²) in [5, 5.41) is 7.77. The molecule has 0 unspecified atom stereocenters. The smallest absolute Gasteiger partial charge is 0.278 e. The third kappa shape index (κ3) is 2.59. The van der Waals surface area contributed by atoms with E-state index in [9.17, 15) is 13.6 Å². The molecule has 1 amide bonds. The minimum Gasteiger partial charge on any atom is -0.296 e. The van der Waals surface area contributed by atoms with Crippen LogP contribution in [0.15, 0.2) is 42.5 Å². The van der Waals surface area contributed by atoms with Crippen LogP contribution in [0.25, 0.3) is 15.9 Å². The number of benzene rings is 2. The summed E-state index contributed by atoms with van der Waals surface area (Å²) < 4.78 is 30.2. The molecule has 1 N–H and O–H groups in total. The van der Waals surface area contributed by atoms with Crippen LogP contribution in [-0.2, 0) is 6.42 Å². The Morgan fingerprint density at radius 3 is 2.90 bits per heavy atom. The number of nitrogens with one attached hydrogen (secondary N) is 1. The Labute approximate surface area is 168 Å². The van der Waals surface area contributed by atoms with Crippen molar-refractivity contribution < 1.29 is 13.6 Å². The second-order valence-electron chi connectivity index (χ2n) is 7.47. The molecule has 1 fully saturated rings. The first-order valence-electron chi connectivity index (χ1n) is 9.32. The Bertz CT molecular complexity index is 1280. The standard InChI is InChI=1S/C21H14F2N4OS/c22-11-5-6-16(14(23)9-11)27-19-12-7-10(12)8-13(19)18(26-27)20(28)25-21-24-15-3-1-2-4-17(15)29-21/h1-6,9-10,12H,7-8H2,(H,24,25,28)/t10-,12-/m1/s1. The number of carbonyl (C=O) groups excluding carboxylic acids is 1. The molecule has 4 aromatic rings. The molecule has 2 heterocycles. The Morgan fingerprint density at radius 2 is 2.07 bits per heavy atom. The minimum absolute atomic E-state index is 0.161. The Kier molecular flexibility index (Phi) is 3.44. The van der Waals surface area contributed by atoms with Gasteiger partial charge in [0, 0.05) is 17.5 Å². The molecule has 2 aromatic heterocycles. The predicted octanol–water partition coefficient (Wildman–Crippen LogP) is 4.67. The number of fused-ring (bicyclic) bond motifs is 4. The summed E-state index contributed by atoms with van der Waals surface area (Å²) in [6.07, 6.45) is 1.77. The molecule has 144 valence electrons. The van der Waals surface area contributed by atoms with E-state index < -0.39 is 11.6 Å². The summed E-state index contributed by atoms with van der Waals surface area (Å²) in [5.41, 5.74) is 2.99. The van der Waals surface area contributed by atoms with Gasteiger partial charge in [-0.15, -0.1) is 0 Å². The van der Waals surface area contributed by atoms with Crippen molar-refractivity contribution >= 4 is 32.6 Å². The maximum absolute atomic E-state index is 14.4. The third-order valence-electron chi connectivity index (χ3n) is 5.63. The zero-order chi connectivity index (χ0) is 19.7. The van der Waals surface area contributed by atoms with E-state index in [0.717, 1.165) is 40.4 Å². The van der Waals surface area contributed by atoms with Crippen LogP contribution in [0, 0.1) is 17.6 Å². The molecule has 2 aromatic carbocycles. The van der Waals surface area contributed by atoms with Gasteiger partial charge in [0.2, 0.25) is 0 Å². The Morgan fingerprint density at radius 1 is 1.21 bits per heavy atom. The molecule has 0 aliphatic heterocycles. The number of rotatable bonds is 3. The number of amides is 1. The molecule has 2 aliphatic carbocycles. The number of aromatic nitrogens is 3. The van der Waals surface area contributed by atoms with E-state index in [1.54, 1.807) is 0 Å². The van der Waals surface area contributed by atoms with Crippen molar-refractivity contribution in [1.82, 2.24) is 14.8 Å². The third-order valence-corrected chi connectivity index (χ3v) is 6.58. The summed E-state index contributed by atoms with van der Waals surface area (Å²) in [5.74, 6) is -0.939. The van der Waals surface area contributed by atoms with Crippen molar-refractivity contribution in [2.45, 2.75) is 18.8 Å². The van der Waals surface area contributed by atoms with Gasteiger partial charge in [0.25, 0.3) is 5.91 Å². The number of anilines is 1. The van der Waals surface area contributed by atoms with Crippen LogP contribution in [0.1, 0.15) is 34.1 Å². The lowest BCUT2D eigenvalue weighted by Crippen LogP contribution is -2.15. The number of hydrogen-bond acceptors (Lipinski definition) is 4. The summed E-state index contributed by atoms with van der Waals surface area (Å²) in [6.45, 7) is 0. The predicted molar refractivity (Wildman–Crippen MR) is 106 cm³/mol. The lowest BCUT2D eigenvalue weighted by molar-refractivity contribution is 0.102. The van der Waals surface area contributed by atoms with E-state index in [0.29, 0.717) is 11.0 Å². The maximum Gasteiger partial charge on any atom is 0.278 e. The second-order valence-corrected chi connectivity index (χ2v) is 8.50. The van der Waals surface area contributed by atoms with Gasteiger partial charge in [-0.1, -0.05) is 23.5 Å². The highest BCUT2D eigenvalue weighted by atomic mass is 32.1. The van der Waals surface area contributed by atoms with E-state index in [-0.39, 0.29) is 23.2 Å². The summed E-state index contributed by atoms with van der Waals surface area (Å²) in [4.78, 5) is 17.4. The van der Waals surface area contributed by atoms with Crippen LogP contribution in [0.4, 0.5) is 13.9 Å². The van der Waals surface area contributed by atoms with Crippen molar-refractivity contribution in [2.24, 2.45) is 5.92 Å². The largest absolute Gasteiger partial charge is 0.296 e. The van der Waals surface area contributed by atoms with E-state index in [1.165, 1.54) is 28.2 Å². The van der Waals surface area contributed by atoms with Gasteiger partial charge >= 0.3 is 0 Å². The summed E-state index contributed by atoms with van der Waals surface area (Å²) in [7, 11) is 0. The molecular formula is C21H14F2N4OS. The topological polar surface area (TPSA) is 59.8 Å². The lowest BCUT2D eigenvalue weighted by atomic mass is 10.1. The van der Waals surface area contributed by atoms with Crippen molar-refractivity contribution in [1.29, 1.82) is 0 Å². The minimum atomic E-state index is -0.697. The van der Waals surface area contributed by atoms with E-state index in [2.05, 4.69) is 15.4 Å². The van der Waals surface area contributed by atoms with Gasteiger partial charge < -0.3 is 0 Å². The molecule has 1 saturated carbocycles. The fourth-order valence-electron chi connectivity index (χ4n) is 4.22. The van der Waals surface area contributed by atoms with Crippen molar-refractivity contribution in [3.63, 3.8) is 0 Å². The molecular weight excluding hydrogens is 394 g/mol. The van der Waals surface area contributed by atoms with Gasteiger partial charge in [0.15, 0.2) is 16.6 Å². The monoisotopic (exact) mass is 408 g/mol. The second kappa shape index (κ2) is 5.93. The molecule has 5 nitrogen and oxygen atoms in total. The molecule has 0 radical (unpaired) electrons. The van der Waals surface area contributed by atoms with Crippen LogP contribution < -0.4 is 5.32 Å². The average molecular weight is 408 g/mol. The fourth-order valence-corrected chi connectivity index (χ4v) is 5.08. The quantitative estimate of drug-likeness (QED) is 0.536. The molecule has 6 rings (SSSR count). The van der Waals surface area contributed by atoms with Crippen LogP contribution >= 0.6 is 11.3 Å². The Hall–Kier alpha value is -3.13. The SMILES string of the molecule is O=C(Nc1nc2ccccc2s1)c1nn(-c2ccc(F)cc2F)c2c1C[C@H]1C[C@@H]21. The number of halogens is 2. The highest BCUT2D eigenvalue weighted by Gasteiger charge is 2.50. The number of carbonyl (C=O) groups is 1. The van der Waals surface area contributed by atoms with Crippen molar-refractivity contribution in [3.8, 4) is 5.69 Å². The molecule has 8 heteroatoms. The molecule has 0 bridgehead atoms. The van der Waals surface area contributed by atoms with Gasteiger partial charge in [0.1, 0.15) is 11.5 Å². The number of thiazole rings is 1. The molecule has 29 heavy (non-hydrogen) atoms. The summed E-state index contributed by atoms with van der Waals surface area (Å²) in [6, 6.07) is 11.0. The molecule has 0 spiro atoms. The highest BCUT2D eigenvalue weighted by Crippen LogP contribution is 2.57. The summed E-state index contributed by atoms with van der Waals surface area (Å²) >= 11 is 1.39. The molecule has 0 saturated heterocycles.